The number of hydrogen-bond donors (Lipinski definition) is 1. The zero-order chi connectivity index (χ0) is 25.5. The summed E-state index contributed by atoms with van der Waals surface area (Å²) in [4.78, 5) is 10.1. The van der Waals surface area contributed by atoms with E-state index in [1.807, 2.05) is 6.07 Å². The molecule has 0 fully saturated rings. The van der Waals surface area contributed by atoms with Crippen molar-refractivity contribution >= 4 is 7.60 Å². The van der Waals surface area contributed by atoms with Gasteiger partial charge in [-0.2, -0.15) is 4.62 Å². The lowest BCUT2D eigenvalue weighted by molar-refractivity contribution is -0.859. The standard InChI is InChI=1S/C28H52NO5P/c1-3-4-5-6-7-8-9-10-11-12-13-14-15-16-17-21-25-33-27-28(32-2)22-26-35(30,31)34-29-23-19-18-20-24-29/h18-20,23-24,28H,3-17,21-22,25-27H2,1-2H3/p+1. The van der Waals surface area contributed by atoms with Gasteiger partial charge in [-0.15, -0.1) is 0 Å². The summed E-state index contributed by atoms with van der Waals surface area (Å²) in [7, 11) is -2.12. The van der Waals surface area contributed by atoms with Crippen molar-refractivity contribution in [1.29, 1.82) is 0 Å². The van der Waals surface area contributed by atoms with E-state index in [-0.39, 0.29) is 12.3 Å². The monoisotopic (exact) mass is 514 g/mol. The Kier molecular flexibility index (Phi) is 20.4. The number of rotatable bonds is 25. The first kappa shape index (κ1) is 32.1. The number of pyridine rings is 1. The van der Waals surface area contributed by atoms with Gasteiger partial charge >= 0.3 is 7.60 Å². The first-order valence-corrected chi connectivity index (χ1v) is 15.9. The minimum atomic E-state index is -3.73. The van der Waals surface area contributed by atoms with Gasteiger partial charge in [-0.05, 0) is 12.8 Å². The van der Waals surface area contributed by atoms with Crippen molar-refractivity contribution in [3.63, 3.8) is 0 Å². The molecule has 6 nitrogen and oxygen atoms in total. The molecule has 1 aromatic heterocycles. The number of unbranched alkanes of at least 4 members (excludes halogenated alkanes) is 15. The van der Waals surface area contributed by atoms with Gasteiger partial charge in [-0.25, -0.2) is 4.57 Å². The average molecular weight is 515 g/mol. The third kappa shape index (κ3) is 19.9. The zero-order valence-corrected chi connectivity index (χ0v) is 23.5. The highest BCUT2D eigenvalue weighted by Gasteiger charge is 2.28. The third-order valence-corrected chi connectivity index (χ3v) is 7.69. The predicted octanol–water partition coefficient (Wildman–Crippen LogP) is 7.27. The number of methoxy groups -OCH3 is 1. The van der Waals surface area contributed by atoms with E-state index in [2.05, 4.69) is 6.92 Å². The molecule has 1 rings (SSSR count). The molecule has 35 heavy (non-hydrogen) atoms. The predicted molar refractivity (Wildman–Crippen MR) is 144 cm³/mol. The molecule has 7 heteroatoms. The molecule has 2 atom stereocenters. The molecule has 0 bridgehead atoms. The van der Waals surface area contributed by atoms with Gasteiger partial charge in [0.1, 0.15) is 0 Å². The Morgan fingerprint density at radius 3 is 1.74 bits per heavy atom. The molecule has 0 aromatic carbocycles. The second-order valence-corrected chi connectivity index (χ2v) is 11.6. The molecule has 0 spiro atoms. The van der Waals surface area contributed by atoms with Crippen LogP contribution in [0.5, 0.6) is 0 Å². The van der Waals surface area contributed by atoms with Crippen LogP contribution < -0.4 is 9.35 Å². The molecule has 2 unspecified atom stereocenters. The average Bonchev–Trinajstić information content (AvgIpc) is 2.85. The van der Waals surface area contributed by atoms with Crippen LogP contribution in [0.25, 0.3) is 0 Å². The molecule has 0 saturated carbocycles. The van der Waals surface area contributed by atoms with Gasteiger partial charge in [-0.3, -0.25) is 0 Å². The Morgan fingerprint density at radius 1 is 0.771 bits per heavy atom. The lowest BCUT2D eigenvalue weighted by Crippen LogP contribution is -2.40. The molecule has 1 N–H and O–H groups in total. The van der Waals surface area contributed by atoms with Crippen molar-refractivity contribution in [3.05, 3.63) is 30.6 Å². The Labute approximate surface area is 215 Å². The number of nitrogens with zero attached hydrogens (tertiary/aromatic N) is 1. The number of aromatic nitrogens is 1. The molecule has 0 aliphatic rings. The van der Waals surface area contributed by atoms with Crippen LogP contribution in [0.3, 0.4) is 0 Å². The Hall–Kier alpha value is -0.940. The van der Waals surface area contributed by atoms with E-state index in [4.69, 9.17) is 14.1 Å². The molecular weight excluding hydrogens is 461 g/mol. The van der Waals surface area contributed by atoms with E-state index in [1.54, 1.807) is 31.6 Å². The lowest BCUT2D eigenvalue weighted by atomic mass is 10.0. The molecule has 0 aliphatic heterocycles. The molecule has 0 saturated heterocycles. The lowest BCUT2D eigenvalue weighted by Gasteiger charge is -2.16. The molecular formula is C28H53NO5P+. The van der Waals surface area contributed by atoms with Crippen LogP contribution in [0, 0.1) is 0 Å². The van der Waals surface area contributed by atoms with Crippen LogP contribution in [-0.4, -0.2) is 37.5 Å². The molecule has 0 aliphatic carbocycles. The maximum atomic E-state index is 12.3. The minimum absolute atomic E-state index is 0.0236. The van der Waals surface area contributed by atoms with Crippen LogP contribution in [0.1, 0.15) is 116 Å². The summed E-state index contributed by atoms with van der Waals surface area (Å²) in [6, 6.07) is 5.30. The minimum Gasteiger partial charge on any atom is -0.379 e. The van der Waals surface area contributed by atoms with Gasteiger partial charge in [0.2, 0.25) is 12.4 Å². The summed E-state index contributed by atoms with van der Waals surface area (Å²) < 4.78 is 29.8. The molecule has 1 aromatic rings. The maximum Gasteiger partial charge on any atom is 0.441 e. The number of ether oxygens (including phenoxy) is 2. The smallest absolute Gasteiger partial charge is 0.379 e. The van der Waals surface area contributed by atoms with E-state index in [0.717, 1.165) is 6.42 Å². The van der Waals surface area contributed by atoms with Crippen LogP contribution in [0.15, 0.2) is 30.6 Å². The summed E-state index contributed by atoms with van der Waals surface area (Å²) in [5.41, 5.74) is 0. The van der Waals surface area contributed by atoms with Gasteiger partial charge in [0, 0.05) is 30.6 Å². The van der Waals surface area contributed by atoms with Crippen molar-refractivity contribution in [2.24, 2.45) is 0 Å². The van der Waals surface area contributed by atoms with Crippen molar-refractivity contribution in [2.45, 2.75) is 122 Å². The first-order chi connectivity index (χ1) is 17.1. The molecule has 0 amide bonds. The zero-order valence-electron chi connectivity index (χ0n) is 22.6. The van der Waals surface area contributed by atoms with Gasteiger partial charge in [0.15, 0.2) is 0 Å². The van der Waals surface area contributed by atoms with Crippen molar-refractivity contribution in [2.75, 3.05) is 26.5 Å². The van der Waals surface area contributed by atoms with E-state index in [9.17, 15) is 9.46 Å². The Morgan fingerprint density at radius 2 is 1.26 bits per heavy atom. The van der Waals surface area contributed by atoms with Gasteiger partial charge in [0.25, 0.3) is 0 Å². The molecule has 1 heterocycles. The van der Waals surface area contributed by atoms with Crippen LogP contribution in [0.4, 0.5) is 0 Å². The maximum absolute atomic E-state index is 12.3. The fraction of sp³-hybridized carbons (Fsp3) is 0.821. The highest BCUT2D eigenvalue weighted by molar-refractivity contribution is 7.52. The van der Waals surface area contributed by atoms with Crippen molar-refractivity contribution < 1.29 is 28.3 Å². The quantitative estimate of drug-likeness (QED) is 0.0844. The van der Waals surface area contributed by atoms with Crippen LogP contribution in [0.2, 0.25) is 0 Å². The molecule has 0 radical (unpaired) electrons. The van der Waals surface area contributed by atoms with E-state index < -0.39 is 7.60 Å². The highest BCUT2D eigenvalue weighted by Crippen LogP contribution is 2.37. The van der Waals surface area contributed by atoms with E-state index in [1.165, 1.54) is 101 Å². The Balaban J connectivity index is 1.89. The number of hydrogen-bond acceptors (Lipinski definition) is 4. The first-order valence-electron chi connectivity index (χ1n) is 14.2. The van der Waals surface area contributed by atoms with Gasteiger partial charge in [-0.1, -0.05) is 109 Å². The molecule has 204 valence electrons. The second kappa shape index (κ2) is 22.3. The fourth-order valence-electron chi connectivity index (χ4n) is 4.17. The largest absolute Gasteiger partial charge is 0.441 e. The summed E-state index contributed by atoms with van der Waals surface area (Å²) >= 11 is 0. The fourth-order valence-corrected chi connectivity index (χ4v) is 5.27. The van der Waals surface area contributed by atoms with Crippen molar-refractivity contribution in [3.8, 4) is 0 Å². The normalized spacial score (nSPS) is 14.0. The highest BCUT2D eigenvalue weighted by atomic mass is 31.2. The van der Waals surface area contributed by atoms with Gasteiger partial charge in [0.05, 0.1) is 18.9 Å². The third-order valence-electron chi connectivity index (χ3n) is 6.42. The van der Waals surface area contributed by atoms with Crippen molar-refractivity contribution in [1.82, 2.24) is 0 Å². The summed E-state index contributed by atoms with van der Waals surface area (Å²) in [6.45, 7) is 3.43. The van der Waals surface area contributed by atoms with Crippen LogP contribution in [-0.2, 0) is 14.0 Å². The summed E-state index contributed by atoms with van der Waals surface area (Å²) in [5, 5.41) is 0. The SMILES string of the molecule is CCCCCCCCCCCCCCCCCCOCC(CCP(=O)(O)O[n+]1ccccc1)OC. The summed E-state index contributed by atoms with van der Waals surface area (Å²) in [5.74, 6) is 0. The summed E-state index contributed by atoms with van der Waals surface area (Å²) in [6.07, 6.45) is 25.1. The second-order valence-electron chi connectivity index (χ2n) is 9.70. The van der Waals surface area contributed by atoms with E-state index in [0.29, 0.717) is 19.6 Å². The topological polar surface area (TPSA) is 68.9 Å². The van der Waals surface area contributed by atoms with E-state index >= 15 is 0 Å². The van der Waals surface area contributed by atoms with Gasteiger partial charge < -0.3 is 14.4 Å². The van der Waals surface area contributed by atoms with Crippen LogP contribution >= 0.6 is 7.60 Å². The Bertz CT molecular complexity index is 631.